The molecule has 0 saturated carbocycles. The second-order valence-electron chi connectivity index (χ2n) is 10.3. The van der Waals surface area contributed by atoms with Crippen molar-refractivity contribution in [2.45, 2.75) is 58.2 Å². The second-order valence-corrected chi connectivity index (χ2v) is 10.3. The number of unbranched alkanes of at least 4 members (excludes halogenated alkanes) is 1. The molecular weight excluding hydrogens is 542 g/mol. The minimum atomic E-state index is -3.06. The van der Waals surface area contributed by atoms with Crippen molar-refractivity contribution in [1.29, 1.82) is 5.26 Å². The zero-order chi connectivity index (χ0) is 30.2. The monoisotopic (exact) mass is 576 g/mol. The number of fused-ring (bicyclic) bond motifs is 4. The maximum absolute atomic E-state index is 14.0. The Bertz CT molecular complexity index is 1460. The average molecular weight is 577 g/mol. The third-order valence-electron chi connectivity index (χ3n) is 7.06. The highest BCUT2D eigenvalue weighted by Crippen LogP contribution is 2.35. The number of benzene rings is 3. The van der Waals surface area contributed by atoms with Crippen LogP contribution in [0.3, 0.4) is 0 Å². The summed E-state index contributed by atoms with van der Waals surface area (Å²) in [5, 5.41) is 15.3. The highest BCUT2D eigenvalue weighted by molar-refractivity contribution is 5.92. The van der Waals surface area contributed by atoms with Crippen LogP contribution < -0.4 is 20.1 Å². The SMILES string of the molecule is CCCCOc1ccc2cc1[C@H](C)CC(=O)Nc1ccc(OC(F)F)c(c1)CN(C)C(=O)C2Nc1ccc(C#N)cc1. The third kappa shape index (κ3) is 7.55. The number of nitrogens with zero attached hydrogens (tertiary/aromatic N) is 2. The number of anilines is 2. The molecule has 1 aliphatic heterocycles. The van der Waals surface area contributed by atoms with Gasteiger partial charge < -0.3 is 25.0 Å². The van der Waals surface area contributed by atoms with Crippen LogP contribution in [-0.2, 0) is 16.1 Å². The van der Waals surface area contributed by atoms with Gasteiger partial charge in [0.2, 0.25) is 11.8 Å². The molecule has 4 rings (SSSR count). The molecule has 3 aromatic carbocycles. The van der Waals surface area contributed by atoms with Gasteiger partial charge in [-0.15, -0.1) is 0 Å². The highest BCUT2D eigenvalue weighted by Gasteiger charge is 2.28. The number of nitriles is 1. The molecule has 1 heterocycles. The lowest BCUT2D eigenvalue weighted by molar-refractivity contribution is -0.131. The van der Waals surface area contributed by atoms with Crippen molar-refractivity contribution in [3.8, 4) is 17.6 Å². The third-order valence-corrected chi connectivity index (χ3v) is 7.06. The van der Waals surface area contributed by atoms with Crippen molar-refractivity contribution in [1.82, 2.24) is 4.90 Å². The van der Waals surface area contributed by atoms with Crippen molar-refractivity contribution in [3.63, 3.8) is 0 Å². The largest absolute Gasteiger partial charge is 0.493 e. The number of carbonyl (C=O) groups is 2. The first-order valence-electron chi connectivity index (χ1n) is 13.8. The number of hydrogen-bond acceptors (Lipinski definition) is 6. The van der Waals surface area contributed by atoms with E-state index in [1.165, 1.54) is 23.1 Å². The summed E-state index contributed by atoms with van der Waals surface area (Å²) in [5.41, 5.74) is 3.23. The van der Waals surface area contributed by atoms with Gasteiger partial charge in [-0.25, -0.2) is 0 Å². The van der Waals surface area contributed by atoms with Crippen LogP contribution in [-0.4, -0.2) is 37.0 Å². The summed E-state index contributed by atoms with van der Waals surface area (Å²) in [4.78, 5) is 28.5. The number of nitrogens with one attached hydrogen (secondary N) is 2. The molecule has 0 saturated heterocycles. The number of halogens is 2. The molecule has 2 atom stereocenters. The smallest absolute Gasteiger partial charge is 0.387 e. The quantitative estimate of drug-likeness (QED) is 0.293. The number of ether oxygens (including phenoxy) is 2. The van der Waals surface area contributed by atoms with Crippen molar-refractivity contribution in [2.24, 2.45) is 0 Å². The van der Waals surface area contributed by atoms with Crippen LogP contribution in [0.5, 0.6) is 11.5 Å². The first kappa shape index (κ1) is 30.3. The fourth-order valence-corrected chi connectivity index (χ4v) is 4.83. The van der Waals surface area contributed by atoms with Gasteiger partial charge in [0.05, 0.1) is 18.2 Å². The number of amides is 2. The van der Waals surface area contributed by atoms with Crippen LogP contribution in [0, 0.1) is 11.3 Å². The molecule has 0 fully saturated rings. The standard InChI is InChI=1S/C32H34F2N4O4/c1-4-5-14-41-28-12-8-22-17-26(28)20(2)15-29(39)36-25-11-13-27(42-32(33)34)23(16-25)19-38(3)31(40)30(22)37-24-9-6-21(18-35)7-10-24/h6-13,16-17,20,30,32,37H,4-5,14-15,19H2,1-3H3,(H,36,39)/t20-,30?/m1/s1. The second kappa shape index (κ2) is 13.8. The molecule has 0 aliphatic carbocycles. The van der Waals surface area contributed by atoms with Crippen LogP contribution in [0.4, 0.5) is 20.2 Å². The minimum absolute atomic E-state index is 0.0579. The van der Waals surface area contributed by atoms with Crippen LogP contribution in [0.1, 0.15) is 67.3 Å². The number of carbonyl (C=O) groups excluding carboxylic acids is 2. The lowest BCUT2D eigenvalue weighted by Crippen LogP contribution is -2.35. The Labute approximate surface area is 244 Å². The topological polar surface area (TPSA) is 104 Å². The van der Waals surface area contributed by atoms with Gasteiger partial charge in [0.15, 0.2) is 0 Å². The van der Waals surface area contributed by atoms with E-state index < -0.39 is 12.7 Å². The molecule has 0 aromatic heterocycles. The molecule has 0 spiro atoms. The van der Waals surface area contributed by atoms with Gasteiger partial charge in [-0.3, -0.25) is 9.59 Å². The zero-order valence-corrected chi connectivity index (χ0v) is 23.8. The van der Waals surface area contributed by atoms with E-state index >= 15 is 0 Å². The molecular formula is C32H34F2N4O4. The molecule has 2 amide bonds. The Morgan fingerprint density at radius 3 is 2.52 bits per heavy atom. The van der Waals surface area contributed by atoms with Crippen molar-refractivity contribution in [3.05, 3.63) is 82.9 Å². The summed E-state index contributed by atoms with van der Waals surface area (Å²) in [7, 11) is 1.57. The van der Waals surface area contributed by atoms with E-state index in [1.807, 2.05) is 25.1 Å². The van der Waals surface area contributed by atoms with Crippen LogP contribution in [0.25, 0.3) is 0 Å². The van der Waals surface area contributed by atoms with E-state index in [0.29, 0.717) is 40.4 Å². The summed E-state index contributed by atoms with van der Waals surface area (Å²) >= 11 is 0. The summed E-state index contributed by atoms with van der Waals surface area (Å²) in [6.07, 6.45) is 1.96. The molecule has 8 nitrogen and oxygen atoms in total. The number of likely N-dealkylation sites (N-methyl/N-ethyl adjacent to an activating group) is 1. The Kier molecular flexibility index (Phi) is 9.97. The van der Waals surface area contributed by atoms with Gasteiger partial charge in [0.25, 0.3) is 0 Å². The average Bonchev–Trinajstić information content (AvgIpc) is 2.96. The Morgan fingerprint density at radius 1 is 1.10 bits per heavy atom. The summed E-state index contributed by atoms with van der Waals surface area (Å²) in [6.45, 7) is 1.39. The Morgan fingerprint density at radius 2 is 1.83 bits per heavy atom. The van der Waals surface area contributed by atoms with Gasteiger partial charge >= 0.3 is 6.61 Å². The van der Waals surface area contributed by atoms with Crippen molar-refractivity contribution < 1.29 is 27.8 Å². The Balaban J connectivity index is 1.80. The summed E-state index contributed by atoms with van der Waals surface area (Å²) in [6, 6.07) is 17.8. The summed E-state index contributed by atoms with van der Waals surface area (Å²) < 4.78 is 37.2. The highest BCUT2D eigenvalue weighted by atomic mass is 19.3. The van der Waals surface area contributed by atoms with E-state index in [2.05, 4.69) is 23.6 Å². The van der Waals surface area contributed by atoms with E-state index in [-0.39, 0.29) is 36.4 Å². The van der Waals surface area contributed by atoms with Crippen molar-refractivity contribution in [2.75, 3.05) is 24.3 Å². The molecule has 2 N–H and O–H groups in total. The van der Waals surface area contributed by atoms with Gasteiger partial charge in [0.1, 0.15) is 17.5 Å². The van der Waals surface area contributed by atoms with Crippen LogP contribution in [0.2, 0.25) is 0 Å². The van der Waals surface area contributed by atoms with E-state index in [9.17, 15) is 23.6 Å². The van der Waals surface area contributed by atoms with Gasteiger partial charge in [-0.1, -0.05) is 26.3 Å². The Hall–Kier alpha value is -4.65. The molecule has 42 heavy (non-hydrogen) atoms. The molecule has 4 bridgehead atoms. The first-order chi connectivity index (χ1) is 20.2. The predicted octanol–water partition coefficient (Wildman–Crippen LogP) is 6.60. The van der Waals surface area contributed by atoms with E-state index in [4.69, 9.17) is 9.47 Å². The fraction of sp³-hybridized carbons (Fsp3) is 0.344. The molecule has 3 aromatic rings. The van der Waals surface area contributed by atoms with Gasteiger partial charge in [-0.2, -0.15) is 14.0 Å². The van der Waals surface area contributed by atoms with Gasteiger partial charge in [0, 0.05) is 37.0 Å². The minimum Gasteiger partial charge on any atom is -0.493 e. The lowest BCUT2D eigenvalue weighted by atomic mass is 9.92. The maximum Gasteiger partial charge on any atom is 0.387 e. The zero-order valence-electron chi connectivity index (χ0n) is 23.8. The lowest BCUT2D eigenvalue weighted by Gasteiger charge is -2.28. The molecule has 1 aliphatic rings. The normalized spacial score (nSPS) is 17.2. The summed E-state index contributed by atoms with van der Waals surface area (Å²) in [5.74, 6) is -0.292. The molecule has 220 valence electrons. The van der Waals surface area contributed by atoms with Crippen molar-refractivity contribution >= 4 is 23.2 Å². The molecule has 0 radical (unpaired) electrons. The van der Waals surface area contributed by atoms with Gasteiger partial charge in [-0.05, 0) is 78.1 Å². The molecule has 10 heteroatoms. The van der Waals surface area contributed by atoms with E-state index in [1.54, 1.807) is 31.3 Å². The number of rotatable bonds is 8. The van der Waals surface area contributed by atoms with Crippen LogP contribution >= 0.6 is 0 Å². The van der Waals surface area contributed by atoms with E-state index in [0.717, 1.165) is 18.4 Å². The number of alkyl halides is 2. The maximum atomic E-state index is 14.0. The molecule has 1 unspecified atom stereocenters. The predicted molar refractivity (Wildman–Crippen MR) is 156 cm³/mol. The van der Waals surface area contributed by atoms with Crippen LogP contribution in [0.15, 0.2) is 60.7 Å². The first-order valence-corrected chi connectivity index (χ1v) is 13.8. The fourth-order valence-electron chi connectivity index (χ4n) is 4.83. The number of hydrogen-bond donors (Lipinski definition) is 2.